The van der Waals surface area contributed by atoms with E-state index in [1.807, 2.05) is 11.3 Å². The second-order valence-electron chi connectivity index (χ2n) is 5.85. The minimum atomic E-state index is 0.597. The highest BCUT2D eigenvalue weighted by Crippen LogP contribution is 2.24. The molecule has 1 unspecified atom stereocenters. The molecule has 1 aromatic rings. The molecule has 2 nitrogen and oxygen atoms in total. The number of thiazole rings is 1. The van der Waals surface area contributed by atoms with E-state index < -0.39 is 0 Å². The summed E-state index contributed by atoms with van der Waals surface area (Å²) in [4.78, 5) is 6.11. The number of hydrogen-bond acceptors (Lipinski definition) is 3. The Hall–Kier alpha value is -0.410. The predicted octanol–water partition coefficient (Wildman–Crippen LogP) is 4.89. The lowest BCUT2D eigenvalue weighted by Crippen LogP contribution is -2.38. The summed E-state index contributed by atoms with van der Waals surface area (Å²) in [7, 11) is 0. The first-order valence-corrected chi connectivity index (χ1v) is 9.10. The van der Waals surface area contributed by atoms with E-state index in [4.69, 9.17) is 4.98 Å². The number of nitrogens with one attached hydrogen (secondary N) is 1. The third kappa shape index (κ3) is 5.53. The van der Waals surface area contributed by atoms with Gasteiger partial charge in [-0.25, -0.2) is 4.98 Å². The molecule has 0 fully saturated rings. The summed E-state index contributed by atoms with van der Waals surface area (Å²) in [6, 6.07) is 0.597. The second-order valence-corrected chi connectivity index (χ2v) is 7.14. The summed E-state index contributed by atoms with van der Waals surface area (Å²) >= 11 is 1.88. The van der Waals surface area contributed by atoms with E-state index in [9.17, 15) is 0 Å². The molecule has 0 spiro atoms. The van der Waals surface area contributed by atoms with Gasteiger partial charge < -0.3 is 5.32 Å². The van der Waals surface area contributed by atoms with Crippen LogP contribution in [0.2, 0.25) is 0 Å². The van der Waals surface area contributed by atoms with Gasteiger partial charge in [0.05, 0.1) is 10.7 Å². The van der Waals surface area contributed by atoms with Gasteiger partial charge in [0.15, 0.2) is 0 Å². The molecule has 1 rings (SSSR count). The van der Waals surface area contributed by atoms with Gasteiger partial charge in [0, 0.05) is 17.3 Å². The molecule has 0 aliphatic heterocycles. The molecule has 0 saturated heterocycles. The van der Waals surface area contributed by atoms with Crippen molar-refractivity contribution in [3.05, 3.63) is 15.6 Å². The lowest BCUT2D eigenvalue weighted by molar-refractivity contribution is 0.308. The van der Waals surface area contributed by atoms with Crippen molar-refractivity contribution in [3.63, 3.8) is 0 Å². The van der Waals surface area contributed by atoms with Gasteiger partial charge in [-0.15, -0.1) is 11.3 Å². The van der Waals surface area contributed by atoms with Gasteiger partial charge in [-0.3, -0.25) is 0 Å². The fourth-order valence-electron chi connectivity index (χ4n) is 2.84. The van der Waals surface area contributed by atoms with Crippen LogP contribution in [0.1, 0.15) is 68.5 Å². The van der Waals surface area contributed by atoms with Crippen molar-refractivity contribution in [2.75, 3.05) is 6.54 Å². The maximum Gasteiger partial charge on any atom is 0.0946 e. The molecule has 0 aliphatic rings. The van der Waals surface area contributed by atoms with Gasteiger partial charge in [-0.2, -0.15) is 0 Å². The van der Waals surface area contributed by atoms with E-state index in [-0.39, 0.29) is 0 Å². The van der Waals surface area contributed by atoms with Crippen LogP contribution in [0, 0.1) is 19.8 Å². The van der Waals surface area contributed by atoms with Crippen LogP contribution in [-0.2, 0) is 6.42 Å². The lowest BCUT2D eigenvalue weighted by atomic mass is 9.88. The first kappa shape index (κ1) is 17.6. The largest absolute Gasteiger partial charge is 0.313 e. The summed E-state index contributed by atoms with van der Waals surface area (Å²) in [6.45, 7) is 12.3. The predicted molar refractivity (Wildman–Crippen MR) is 90.7 cm³/mol. The summed E-state index contributed by atoms with van der Waals surface area (Å²) in [5, 5.41) is 5.09. The van der Waals surface area contributed by atoms with Crippen molar-refractivity contribution in [1.29, 1.82) is 0 Å². The Morgan fingerprint density at radius 3 is 2.15 bits per heavy atom. The zero-order valence-corrected chi connectivity index (χ0v) is 14.8. The zero-order valence-electron chi connectivity index (χ0n) is 14.0. The standard InChI is InChI=1S/C17H32N2S/c1-6-9-15(10-7-2)16(18-11-8-3)12-17-19-13(4)14(5)20-17/h15-16,18H,6-12H2,1-5H3. The number of nitrogens with zero attached hydrogens (tertiary/aromatic N) is 1. The fraction of sp³-hybridized carbons (Fsp3) is 0.824. The lowest BCUT2D eigenvalue weighted by Gasteiger charge is -2.27. The van der Waals surface area contributed by atoms with E-state index in [1.165, 1.54) is 47.7 Å². The number of aromatic nitrogens is 1. The van der Waals surface area contributed by atoms with Gasteiger partial charge in [-0.05, 0) is 45.6 Å². The Morgan fingerprint density at radius 2 is 1.70 bits per heavy atom. The molecule has 1 N–H and O–H groups in total. The molecular formula is C17H32N2S. The normalized spacial score (nSPS) is 13.1. The summed E-state index contributed by atoms with van der Waals surface area (Å²) in [6.07, 6.45) is 7.54. The third-order valence-electron chi connectivity index (χ3n) is 4.01. The quantitative estimate of drug-likeness (QED) is 0.665. The van der Waals surface area contributed by atoms with Crippen LogP contribution in [0.4, 0.5) is 0 Å². The SMILES string of the molecule is CCCNC(Cc1nc(C)c(C)s1)C(CCC)CCC. The summed E-state index contributed by atoms with van der Waals surface area (Å²) < 4.78 is 0. The molecular weight excluding hydrogens is 264 g/mol. The van der Waals surface area contributed by atoms with Gasteiger partial charge in [0.25, 0.3) is 0 Å². The molecule has 0 aliphatic carbocycles. The molecule has 20 heavy (non-hydrogen) atoms. The number of rotatable bonds is 10. The Balaban J connectivity index is 2.75. The molecule has 3 heteroatoms. The van der Waals surface area contributed by atoms with E-state index in [1.54, 1.807) is 0 Å². The smallest absolute Gasteiger partial charge is 0.0946 e. The Labute approximate surface area is 129 Å². The molecule has 0 saturated carbocycles. The topological polar surface area (TPSA) is 24.9 Å². The number of hydrogen-bond donors (Lipinski definition) is 1. The van der Waals surface area contributed by atoms with Crippen LogP contribution in [0.3, 0.4) is 0 Å². The van der Waals surface area contributed by atoms with E-state index in [0.717, 1.165) is 18.9 Å². The molecule has 116 valence electrons. The second kappa shape index (κ2) is 9.51. The highest BCUT2D eigenvalue weighted by Gasteiger charge is 2.21. The van der Waals surface area contributed by atoms with Crippen LogP contribution in [-0.4, -0.2) is 17.6 Å². The van der Waals surface area contributed by atoms with Crippen LogP contribution in [0.15, 0.2) is 0 Å². The highest BCUT2D eigenvalue weighted by molar-refractivity contribution is 7.11. The van der Waals surface area contributed by atoms with E-state index in [0.29, 0.717) is 6.04 Å². The zero-order chi connectivity index (χ0) is 15.0. The first-order chi connectivity index (χ1) is 9.62. The molecule has 1 atom stereocenters. The molecule has 1 aromatic heterocycles. The minimum absolute atomic E-state index is 0.597. The van der Waals surface area contributed by atoms with Crippen molar-refractivity contribution in [2.24, 2.45) is 5.92 Å². The average Bonchev–Trinajstić information content (AvgIpc) is 2.73. The van der Waals surface area contributed by atoms with Crippen molar-refractivity contribution >= 4 is 11.3 Å². The van der Waals surface area contributed by atoms with Crippen LogP contribution >= 0.6 is 11.3 Å². The van der Waals surface area contributed by atoms with Crippen LogP contribution < -0.4 is 5.32 Å². The third-order valence-corrected chi connectivity index (χ3v) is 5.11. The first-order valence-electron chi connectivity index (χ1n) is 8.28. The Morgan fingerprint density at radius 1 is 1.05 bits per heavy atom. The molecule has 0 bridgehead atoms. The van der Waals surface area contributed by atoms with Gasteiger partial charge in [0.1, 0.15) is 0 Å². The van der Waals surface area contributed by atoms with Crippen LogP contribution in [0.5, 0.6) is 0 Å². The van der Waals surface area contributed by atoms with Crippen molar-refractivity contribution in [3.8, 4) is 0 Å². The average molecular weight is 297 g/mol. The van der Waals surface area contributed by atoms with E-state index >= 15 is 0 Å². The summed E-state index contributed by atoms with van der Waals surface area (Å²) in [5.74, 6) is 0.793. The molecule has 0 radical (unpaired) electrons. The Bertz CT molecular complexity index is 348. The fourth-order valence-corrected chi connectivity index (χ4v) is 3.83. The maximum atomic E-state index is 4.74. The van der Waals surface area contributed by atoms with Crippen molar-refractivity contribution < 1.29 is 0 Å². The molecule has 0 amide bonds. The Kier molecular flexibility index (Phi) is 8.39. The minimum Gasteiger partial charge on any atom is -0.313 e. The van der Waals surface area contributed by atoms with Gasteiger partial charge in [-0.1, -0.05) is 33.6 Å². The van der Waals surface area contributed by atoms with Crippen molar-refractivity contribution in [1.82, 2.24) is 10.3 Å². The van der Waals surface area contributed by atoms with Crippen LogP contribution in [0.25, 0.3) is 0 Å². The van der Waals surface area contributed by atoms with Gasteiger partial charge >= 0.3 is 0 Å². The van der Waals surface area contributed by atoms with E-state index in [2.05, 4.69) is 39.9 Å². The van der Waals surface area contributed by atoms with Crippen molar-refractivity contribution in [2.45, 2.75) is 79.2 Å². The maximum absolute atomic E-state index is 4.74. The molecule has 0 aromatic carbocycles. The number of aryl methyl sites for hydroxylation is 2. The monoisotopic (exact) mass is 296 g/mol. The highest BCUT2D eigenvalue weighted by atomic mass is 32.1. The summed E-state index contributed by atoms with van der Waals surface area (Å²) in [5.41, 5.74) is 1.21. The van der Waals surface area contributed by atoms with Gasteiger partial charge in [0.2, 0.25) is 0 Å². The molecule has 1 heterocycles.